The number of nitrogens with one attached hydrogen (secondary N) is 2. The largest absolute Gasteiger partial charge is 0.347 e. The molecule has 2 atom stereocenters. The Bertz CT molecular complexity index is 986. The van der Waals surface area contributed by atoms with Gasteiger partial charge in [-0.3, -0.25) is 4.79 Å². The summed E-state index contributed by atoms with van der Waals surface area (Å²) in [4.78, 5) is 14.0. The molecule has 2 heterocycles. The predicted octanol–water partition coefficient (Wildman–Crippen LogP) is 1.34. The molecule has 0 spiro atoms. The molecule has 7 nitrogen and oxygen atoms in total. The number of thioether (sulfide) groups is 1. The molecule has 0 aliphatic carbocycles. The van der Waals surface area contributed by atoms with Crippen LogP contribution in [0.4, 0.5) is 0 Å². The van der Waals surface area contributed by atoms with Crippen LogP contribution >= 0.6 is 11.8 Å². The van der Waals surface area contributed by atoms with Gasteiger partial charge >= 0.3 is 0 Å². The molecule has 156 valence electrons. The van der Waals surface area contributed by atoms with Crippen LogP contribution in [0.3, 0.4) is 0 Å². The molecule has 1 saturated heterocycles. The smallest absolute Gasteiger partial charge is 0.230 e. The maximum Gasteiger partial charge on any atom is 0.230 e. The normalized spacial score (nSPS) is 18.5. The van der Waals surface area contributed by atoms with Crippen molar-refractivity contribution in [3.8, 4) is 5.69 Å². The van der Waals surface area contributed by atoms with Gasteiger partial charge in [-0.2, -0.15) is 4.68 Å². The van der Waals surface area contributed by atoms with E-state index in [1.165, 1.54) is 22.2 Å². The monoisotopic (exact) mass is 423 g/mol. The minimum Gasteiger partial charge on any atom is -0.347 e. The van der Waals surface area contributed by atoms with Crippen molar-refractivity contribution in [3.63, 3.8) is 0 Å². The minimum atomic E-state index is 0.0286. The van der Waals surface area contributed by atoms with E-state index < -0.39 is 0 Å². The lowest BCUT2D eigenvalue weighted by molar-refractivity contribution is -0.901. The van der Waals surface area contributed by atoms with Crippen LogP contribution in [0.2, 0.25) is 0 Å². The number of likely N-dealkylation sites (tertiary alicyclic amines) is 1. The Kier molecular flexibility index (Phi) is 6.44. The van der Waals surface area contributed by atoms with Gasteiger partial charge in [0.2, 0.25) is 11.1 Å². The van der Waals surface area contributed by atoms with E-state index in [-0.39, 0.29) is 11.9 Å². The number of tetrazole rings is 1. The molecule has 3 aromatic rings. The first-order valence-corrected chi connectivity index (χ1v) is 11.2. The molecule has 1 unspecified atom stereocenters. The fraction of sp³-hybridized carbons (Fsp3) is 0.364. The summed E-state index contributed by atoms with van der Waals surface area (Å²) in [7, 11) is 0. The summed E-state index contributed by atoms with van der Waals surface area (Å²) in [5.74, 6) is 0.330. The molecule has 2 aromatic carbocycles. The molecular weight excluding hydrogens is 396 g/mol. The molecule has 0 bridgehead atoms. The number of hydrogen-bond acceptors (Lipinski definition) is 5. The van der Waals surface area contributed by atoms with E-state index in [0.29, 0.717) is 10.9 Å². The van der Waals surface area contributed by atoms with Crippen molar-refractivity contribution in [1.82, 2.24) is 25.5 Å². The van der Waals surface area contributed by atoms with Crippen LogP contribution < -0.4 is 10.2 Å². The van der Waals surface area contributed by atoms with Crippen LogP contribution in [0.15, 0.2) is 53.7 Å². The lowest BCUT2D eigenvalue weighted by Crippen LogP contribution is -3.09. The van der Waals surface area contributed by atoms with Crippen molar-refractivity contribution in [2.24, 2.45) is 0 Å². The highest BCUT2D eigenvalue weighted by molar-refractivity contribution is 7.99. The fourth-order valence-corrected chi connectivity index (χ4v) is 4.70. The molecule has 0 radical (unpaired) electrons. The van der Waals surface area contributed by atoms with Gasteiger partial charge in [-0.05, 0) is 47.5 Å². The Labute approximate surface area is 180 Å². The average molecular weight is 424 g/mol. The Hall–Kier alpha value is -2.71. The maximum atomic E-state index is 12.5. The van der Waals surface area contributed by atoms with Crippen LogP contribution in [-0.2, 0) is 11.3 Å². The number of rotatable bonds is 7. The van der Waals surface area contributed by atoms with Crippen LogP contribution in [0.1, 0.15) is 23.1 Å². The first kappa shape index (κ1) is 20.6. The highest BCUT2D eigenvalue weighted by atomic mass is 32.2. The van der Waals surface area contributed by atoms with Crippen molar-refractivity contribution in [2.45, 2.75) is 38.0 Å². The topological polar surface area (TPSA) is 77.1 Å². The Morgan fingerprint density at radius 1 is 1.20 bits per heavy atom. The molecule has 30 heavy (non-hydrogen) atoms. The Balaban J connectivity index is 1.28. The van der Waals surface area contributed by atoms with Gasteiger partial charge in [0.15, 0.2) is 0 Å². The molecule has 2 N–H and O–H groups in total. The van der Waals surface area contributed by atoms with Gasteiger partial charge in [0.05, 0.1) is 30.6 Å². The summed E-state index contributed by atoms with van der Waals surface area (Å²) in [5, 5.41) is 15.8. The van der Waals surface area contributed by atoms with E-state index >= 15 is 0 Å². The standard InChI is InChI=1S/C22H26N6OS/c1-16-10-17(2)12-20(11-16)28-22(24-25-26-28)30-15-21(29)23-19-8-9-27(14-19)13-18-6-4-3-5-7-18/h3-7,10-12,19H,8-9,13-15H2,1-2H3,(H,23,29)/p+1/t19-/m1/s1. The quantitative estimate of drug-likeness (QED) is 0.561. The van der Waals surface area contributed by atoms with Crippen molar-refractivity contribution in [2.75, 3.05) is 18.8 Å². The second kappa shape index (κ2) is 9.40. The molecule has 1 amide bonds. The van der Waals surface area contributed by atoms with Gasteiger partial charge in [0.25, 0.3) is 0 Å². The summed E-state index contributed by atoms with van der Waals surface area (Å²) in [6.45, 7) is 7.15. The SMILES string of the molecule is Cc1cc(C)cc(-n2nnnc2SCC(=O)N[C@@H]2CC[NH+](Cc3ccccc3)C2)c1. The number of amides is 1. The third-order valence-electron chi connectivity index (χ3n) is 5.27. The number of carbonyl (C=O) groups is 1. The number of quaternary nitrogens is 1. The second-order valence-electron chi connectivity index (χ2n) is 7.93. The number of benzene rings is 2. The summed E-state index contributed by atoms with van der Waals surface area (Å²) < 4.78 is 1.69. The molecule has 1 aliphatic heterocycles. The van der Waals surface area contributed by atoms with Crippen LogP contribution in [0.5, 0.6) is 0 Å². The summed E-state index contributed by atoms with van der Waals surface area (Å²) in [6, 6.07) is 16.9. The molecule has 1 aromatic heterocycles. The first-order chi connectivity index (χ1) is 14.6. The molecule has 1 aliphatic rings. The van der Waals surface area contributed by atoms with E-state index in [9.17, 15) is 4.79 Å². The number of hydrogen-bond donors (Lipinski definition) is 2. The van der Waals surface area contributed by atoms with E-state index in [2.05, 4.69) is 51.2 Å². The van der Waals surface area contributed by atoms with E-state index in [4.69, 9.17) is 0 Å². The van der Waals surface area contributed by atoms with Crippen molar-refractivity contribution >= 4 is 17.7 Å². The number of aromatic nitrogens is 4. The minimum absolute atomic E-state index is 0.0286. The van der Waals surface area contributed by atoms with E-state index in [0.717, 1.165) is 42.9 Å². The lowest BCUT2D eigenvalue weighted by atomic mass is 10.1. The lowest BCUT2D eigenvalue weighted by Gasteiger charge is -2.14. The molecular formula is C22H27N6OS+. The van der Waals surface area contributed by atoms with Crippen LogP contribution in [0.25, 0.3) is 5.69 Å². The molecule has 1 fully saturated rings. The van der Waals surface area contributed by atoms with Crippen molar-refractivity contribution in [1.29, 1.82) is 0 Å². The van der Waals surface area contributed by atoms with Gasteiger partial charge in [-0.15, -0.1) is 5.10 Å². The Morgan fingerprint density at radius 3 is 2.73 bits per heavy atom. The van der Waals surface area contributed by atoms with E-state index in [1.54, 1.807) is 4.68 Å². The van der Waals surface area contributed by atoms with Gasteiger partial charge in [0, 0.05) is 12.0 Å². The second-order valence-corrected chi connectivity index (χ2v) is 8.87. The van der Waals surface area contributed by atoms with Gasteiger partial charge < -0.3 is 10.2 Å². The summed E-state index contributed by atoms with van der Waals surface area (Å²) >= 11 is 1.36. The predicted molar refractivity (Wildman–Crippen MR) is 117 cm³/mol. The number of carbonyl (C=O) groups excluding carboxylic acids is 1. The number of nitrogens with zero attached hydrogens (tertiary/aromatic N) is 4. The summed E-state index contributed by atoms with van der Waals surface area (Å²) in [5.41, 5.74) is 4.56. The molecule has 4 rings (SSSR count). The third kappa shape index (κ3) is 5.25. The first-order valence-electron chi connectivity index (χ1n) is 10.2. The zero-order valence-corrected chi connectivity index (χ0v) is 18.2. The van der Waals surface area contributed by atoms with Gasteiger partial charge in [-0.25, -0.2) is 0 Å². The average Bonchev–Trinajstić information content (AvgIpc) is 3.36. The van der Waals surface area contributed by atoms with Crippen molar-refractivity contribution < 1.29 is 9.69 Å². The van der Waals surface area contributed by atoms with Crippen LogP contribution in [0, 0.1) is 13.8 Å². The zero-order valence-electron chi connectivity index (χ0n) is 17.3. The van der Waals surface area contributed by atoms with Gasteiger partial charge in [0.1, 0.15) is 6.54 Å². The molecule has 8 heteroatoms. The number of aryl methyl sites for hydroxylation is 2. The summed E-state index contributed by atoms with van der Waals surface area (Å²) in [6.07, 6.45) is 1.01. The zero-order chi connectivity index (χ0) is 20.9. The van der Waals surface area contributed by atoms with E-state index in [1.807, 2.05) is 32.0 Å². The third-order valence-corrected chi connectivity index (χ3v) is 6.19. The Morgan fingerprint density at radius 2 is 1.97 bits per heavy atom. The fourth-order valence-electron chi connectivity index (χ4n) is 4.00. The van der Waals surface area contributed by atoms with Crippen molar-refractivity contribution in [3.05, 3.63) is 65.2 Å². The highest BCUT2D eigenvalue weighted by Gasteiger charge is 2.27. The maximum absolute atomic E-state index is 12.5. The van der Waals surface area contributed by atoms with Gasteiger partial charge in [-0.1, -0.05) is 48.2 Å². The molecule has 0 saturated carbocycles. The highest BCUT2D eigenvalue weighted by Crippen LogP contribution is 2.20. The van der Waals surface area contributed by atoms with Crippen LogP contribution in [-0.4, -0.2) is 51.0 Å².